The number of carbonyl (C=O) groups excluding carboxylic acids is 1. The Hall–Kier alpha value is -1.29. The van der Waals surface area contributed by atoms with Crippen molar-refractivity contribution in [3.8, 4) is 5.75 Å². The number of esters is 1. The van der Waals surface area contributed by atoms with Gasteiger partial charge >= 0.3 is 5.97 Å². The van der Waals surface area contributed by atoms with Gasteiger partial charge in [-0.2, -0.15) is 0 Å². The molecule has 80 valence electrons. The molecule has 15 heavy (non-hydrogen) atoms. The molecule has 0 radical (unpaired) electrons. The molecule has 0 aliphatic heterocycles. The van der Waals surface area contributed by atoms with E-state index in [0.29, 0.717) is 0 Å². The molecule has 0 aromatic heterocycles. The minimum absolute atomic E-state index is 0.0799. The first-order valence-electron chi connectivity index (χ1n) is 4.42. The number of hydrogen-bond donors (Lipinski definition) is 1. The summed E-state index contributed by atoms with van der Waals surface area (Å²) in [7, 11) is 0. The molecule has 0 bridgehead atoms. The molecule has 1 rings (SSSR count). The molecule has 0 unspecified atom stereocenters. The average Bonchev–Trinajstić information content (AvgIpc) is 2.22. The van der Waals surface area contributed by atoms with Crippen LogP contribution in [0.3, 0.4) is 0 Å². The first kappa shape index (κ1) is 11.8. The summed E-state index contributed by atoms with van der Waals surface area (Å²) in [5.74, 6) is -0.615. The van der Waals surface area contributed by atoms with Crippen LogP contribution in [-0.4, -0.2) is 17.7 Å². The van der Waals surface area contributed by atoms with Crippen molar-refractivity contribution in [3.63, 3.8) is 0 Å². The zero-order valence-corrected chi connectivity index (χ0v) is 9.82. The lowest BCUT2D eigenvalue weighted by atomic mass is 10.2. The second-order valence-electron chi connectivity index (χ2n) is 2.83. The van der Waals surface area contributed by atoms with Crippen LogP contribution in [0.2, 0.25) is 0 Å². The molecule has 0 heterocycles. The summed E-state index contributed by atoms with van der Waals surface area (Å²) in [6, 6.07) is 4.61. The fourth-order valence-corrected chi connectivity index (χ4v) is 1.33. The third kappa shape index (κ3) is 3.40. The minimum Gasteiger partial charge on any atom is -0.507 e. The molecule has 0 aliphatic carbocycles. The zero-order chi connectivity index (χ0) is 11.3. The van der Waals surface area contributed by atoms with Gasteiger partial charge in [0.2, 0.25) is 0 Å². The quantitative estimate of drug-likeness (QED) is 0.679. The zero-order valence-electron chi connectivity index (χ0n) is 8.24. The highest BCUT2D eigenvalue weighted by molar-refractivity contribution is 9.10. The number of allylic oxidation sites excluding steroid dienone is 1. The first-order valence-corrected chi connectivity index (χ1v) is 5.21. The van der Waals surface area contributed by atoms with E-state index in [4.69, 9.17) is 4.74 Å². The Morgan fingerprint density at radius 3 is 3.00 bits per heavy atom. The summed E-state index contributed by atoms with van der Waals surface area (Å²) in [6.45, 7) is 2.05. The van der Waals surface area contributed by atoms with E-state index < -0.39 is 5.97 Å². The molecular weight excluding hydrogens is 260 g/mol. The number of ether oxygens (including phenoxy) is 1. The number of phenolic OH excluding ortho intramolecular Hbond substituents is 1. The van der Waals surface area contributed by atoms with Gasteiger partial charge in [0.25, 0.3) is 0 Å². The van der Waals surface area contributed by atoms with E-state index in [1.54, 1.807) is 18.2 Å². The normalized spacial score (nSPS) is 10.5. The van der Waals surface area contributed by atoms with Gasteiger partial charge in [0.1, 0.15) is 17.9 Å². The molecule has 4 heteroatoms. The fourth-order valence-electron chi connectivity index (χ4n) is 0.970. The van der Waals surface area contributed by atoms with Crippen molar-refractivity contribution in [2.24, 2.45) is 0 Å². The van der Waals surface area contributed by atoms with E-state index >= 15 is 0 Å². The highest BCUT2D eigenvalue weighted by atomic mass is 79.9. The van der Waals surface area contributed by atoms with E-state index in [1.165, 1.54) is 12.1 Å². The number of rotatable bonds is 3. The fraction of sp³-hybridized carbons (Fsp3) is 0.182. The van der Waals surface area contributed by atoms with Crippen LogP contribution in [0.15, 0.2) is 34.8 Å². The van der Waals surface area contributed by atoms with Crippen molar-refractivity contribution in [1.82, 2.24) is 0 Å². The number of benzene rings is 1. The molecule has 0 saturated carbocycles. The number of carbonyl (C=O) groups is 1. The van der Waals surface area contributed by atoms with Gasteiger partial charge in [-0.15, -0.1) is 0 Å². The van der Waals surface area contributed by atoms with Crippen LogP contribution in [0, 0.1) is 0 Å². The second kappa shape index (κ2) is 5.56. The molecular formula is C11H11BrO3. The molecule has 0 spiro atoms. The molecule has 1 aromatic carbocycles. The molecule has 0 atom stereocenters. The first-order chi connectivity index (χ1) is 7.15. The molecule has 0 aliphatic rings. The van der Waals surface area contributed by atoms with Gasteiger partial charge in [0.15, 0.2) is 0 Å². The number of aromatic hydroxyl groups is 1. The van der Waals surface area contributed by atoms with E-state index in [9.17, 15) is 9.90 Å². The summed E-state index contributed by atoms with van der Waals surface area (Å²) in [5.41, 5.74) is 0.161. The monoisotopic (exact) mass is 270 g/mol. The van der Waals surface area contributed by atoms with Gasteiger partial charge < -0.3 is 9.84 Å². The summed E-state index contributed by atoms with van der Waals surface area (Å²) in [4.78, 5) is 11.5. The third-order valence-corrected chi connectivity index (χ3v) is 2.22. The smallest absolute Gasteiger partial charge is 0.342 e. The molecule has 1 aromatic rings. The highest BCUT2D eigenvalue weighted by Crippen LogP contribution is 2.22. The van der Waals surface area contributed by atoms with Crippen LogP contribution in [0.1, 0.15) is 17.3 Å². The minimum atomic E-state index is -0.535. The Labute approximate surface area is 96.5 Å². The van der Waals surface area contributed by atoms with Crippen LogP contribution < -0.4 is 0 Å². The largest absolute Gasteiger partial charge is 0.507 e. The van der Waals surface area contributed by atoms with Crippen molar-refractivity contribution in [2.45, 2.75) is 6.92 Å². The second-order valence-corrected chi connectivity index (χ2v) is 3.74. The number of halogens is 1. The Morgan fingerprint density at radius 1 is 1.60 bits per heavy atom. The lowest BCUT2D eigenvalue weighted by Crippen LogP contribution is -2.05. The third-order valence-electron chi connectivity index (χ3n) is 1.72. The van der Waals surface area contributed by atoms with E-state index in [0.717, 1.165) is 4.47 Å². The van der Waals surface area contributed by atoms with Crippen LogP contribution >= 0.6 is 15.9 Å². The van der Waals surface area contributed by atoms with Crippen LogP contribution in [0.25, 0.3) is 0 Å². The summed E-state index contributed by atoms with van der Waals surface area (Å²) >= 11 is 3.21. The maximum Gasteiger partial charge on any atom is 0.342 e. The highest BCUT2D eigenvalue weighted by Gasteiger charge is 2.12. The van der Waals surface area contributed by atoms with Gasteiger partial charge in [0, 0.05) is 4.47 Å². The Morgan fingerprint density at radius 2 is 2.33 bits per heavy atom. The Bertz CT molecular complexity index is 385. The predicted octanol–water partition coefficient (Wildman–Crippen LogP) is 2.89. The Kier molecular flexibility index (Phi) is 4.37. The predicted molar refractivity (Wildman–Crippen MR) is 60.9 cm³/mol. The van der Waals surface area contributed by atoms with E-state index in [1.807, 2.05) is 6.92 Å². The molecule has 1 N–H and O–H groups in total. The van der Waals surface area contributed by atoms with Crippen LogP contribution in [-0.2, 0) is 4.74 Å². The van der Waals surface area contributed by atoms with E-state index in [-0.39, 0.29) is 17.9 Å². The van der Waals surface area contributed by atoms with Crippen molar-refractivity contribution < 1.29 is 14.6 Å². The molecule has 0 amide bonds. The molecule has 3 nitrogen and oxygen atoms in total. The van der Waals surface area contributed by atoms with Gasteiger partial charge in [-0.3, -0.25) is 0 Å². The summed E-state index contributed by atoms with van der Waals surface area (Å²) in [5, 5.41) is 9.42. The van der Waals surface area contributed by atoms with Crippen molar-refractivity contribution in [2.75, 3.05) is 6.61 Å². The van der Waals surface area contributed by atoms with Gasteiger partial charge in [0.05, 0.1) is 0 Å². The topological polar surface area (TPSA) is 46.5 Å². The van der Waals surface area contributed by atoms with E-state index in [2.05, 4.69) is 15.9 Å². The van der Waals surface area contributed by atoms with Gasteiger partial charge in [-0.1, -0.05) is 28.1 Å². The van der Waals surface area contributed by atoms with Crippen LogP contribution in [0.5, 0.6) is 5.75 Å². The standard InChI is InChI=1S/C11H11BrO3/c1-2-3-6-15-11(14)9-7-8(12)4-5-10(9)13/h2-5,7,13H,6H2,1H3/b3-2+. The van der Waals surface area contributed by atoms with Crippen molar-refractivity contribution >= 4 is 21.9 Å². The van der Waals surface area contributed by atoms with Crippen LogP contribution in [0.4, 0.5) is 0 Å². The maximum atomic E-state index is 11.5. The lowest BCUT2D eigenvalue weighted by molar-refractivity contribution is 0.0546. The lowest BCUT2D eigenvalue weighted by Gasteiger charge is -2.04. The molecule has 0 saturated heterocycles. The number of phenols is 1. The average molecular weight is 271 g/mol. The van der Waals surface area contributed by atoms with Gasteiger partial charge in [-0.25, -0.2) is 4.79 Å². The summed E-state index contributed by atoms with van der Waals surface area (Å²) < 4.78 is 5.62. The van der Waals surface area contributed by atoms with Gasteiger partial charge in [-0.05, 0) is 25.1 Å². The van der Waals surface area contributed by atoms with Crippen molar-refractivity contribution in [3.05, 3.63) is 40.4 Å². The maximum absolute atomic E-state index is 11.5. The summed E-state index contributed by atoms with van der Waals surface area (Å²) in [6.07, 6.45) is 3.50. The number of hydrogen-bond acceptors (Lipinski definition) is 3. The molecule has 0 fully saturated rings. The SMILES string of the molecule is C/C=C/COC(=O)c1cc(Br)ccc1O. The van der Waals surface area contributed by atoms with Crippen molar-refractivity contribution in [1.29, 1.82) is 0 Å². The Balaban J connectivity index is 2.77.